The van der Waals surface area contributed by atoms with Gasteiger partial charge in [-0.05, 0) is 49.3 Å². The van der Waals surface area contributed by atoms with Gasteiger partial charge in [0.15, 0.2) is 0 Å². The van der Waals surface area contributed by atoms with Crippen molar-refractivity contribution in [3.63, 3.8) is 0 Å². The molecule has 0 aliphatic carbocycles. The van der Waals surface area contributed by atoms with Crippen LogP contribution < -0.4 is 11.1 Å². The Morgan fingerprint density at radius 3 is 2.19 bits per heavy atom. The average molecular weight is 369 g/mol. The third kappa shape index (κ3) is 9.18. The van der Waals surface area contributed by atoms with Crippen molar-refractivity contribution in [1.29, 1.82) is 0 Å². The van der Waals surface area contributed by atoms with Crippen LogP contribution in [0.15, 0.2) is 60.7 Å². The summed E-state index contributed by atoms with van der Waals surface area (Å²) in [6.07, 6.45) is 4.21. The molecule has 0 bridgehead atoms. The third-order valence-corrected chi connectivity index (χ3v) is 4.84. The molecule has 0 fully saturated rings. The second-order valence-electron chi connectivity index (χ2n) is 7.77. The Hall–Kier alpha value is -1.68. The lowest BCUT2D eigenvalue weighted by Crippen LogP contribution is -2.46. The number of nitrogens with one attached hydrogen (secondary N) is 1. The number of nitrogens with two attached hydrogens (primary N) is 1. The van der Waals surface area contributed by atoms with Gasteiger partial charge in [0.1, 0.15) is 0 Å². The molecule has 0 amide bonds. The van der Waals surface area contributed by atoms with Crippen molar-refractivity contribution in [1.82, 2.24) is 5.32 Å². The van der Waals surface area contributed by atoms with Crippen LogP contribution in [-0.4, -0.2) is 25.2 Å². The molecule has 2 aromatic carbocycles. The Balaban J connectivity index is 1.72. The highest BCUT2D eigenvalue weighted by Crippen LogP contribution is 2.10. The van der Waals surface area contributed by atoms with E-state index in [0.29, 0.717) is 18.6 Å². The number of hydrogen-bond acceptors (Lipinski definition) is 3. The Bertz CT molecular complexity index is 553. The summed E-state index contributed by atoms with van der Waals surface area (Å²) in [5.41, 5.74) is 9.10. The standard InChI is InChI=1S/C24H36N2O/c1-20(2)18-23(25)24(15-17-27-19-22-12-7-4-8-13-22)26-16-9-14-21-10-5-3-6-11-21/h3-8,10-13,20,23-24,26H,9,14-19,25H2,1-2H3. The van der Waals surface area contributed by atoms with E-state index in [0.717, 1.165) is 38.8 Å². The van der Waals surface area contributed by atoms with Crippen LogP contribution in [0.2, 0.25) is 0 Å². The molecule has 0 aliphatic rings. The van der Waals surface area contributed by atoms with Crippen molar-refractivity contribution in [2.45, 2.75) is 58.2 Å². The number of benzene rings is 2. The van der Waals surface area contributed by atoms with E-state index in [2.05, 4.69) is 61.6 Å². The molecule has 148 valence electrons. The fourth-order valence-corrected chi connectivity index (χ4v) is 3.38. The third-order valence-electron chi connectivity index (χ3n) is 4.84. The van der Waals surface area contributed by atoms with Crippen LogP contribution in [-0.2, 0) is 17.8 Å². The zero-order valence-corrected chi connectivity index (χ0v) is 16.9. The van der Waals surface area contributed by atoms with E-state index in [-0.39, 0.29) is 6.04 Å². The van der Waals surface area contributed by atoms with Crippen molar-refractivity contribution < 1.29 is 4.74 Å². The summed E-state index contributed by atoms with van der Waals surface area (Å²) in [7, 11) is 0. The molecule has 0 aliphatic heterocycles. The minimum absolute atomic E-state index is 0.169. The first-order chi connectivity index (χ1) is 13.1. The van der Waals surface area contributed by atoms with Crippen LogP contribution in [0, 0.1) is 5.92 Å². The predicted molar refractivity (Wildman–Crippen MR) is 115 cm³/mol. The van der Waals surface area contributed by atoms with E-state index in [1.807, 2.05) is 18.2 Å². The number of rotatable bonds is 13. The molecule has 0 saturated heterocycles. The normalized spacial score (nSPS) is 13.6. The van der Waals surface area contributed by atoms with Gasteiger partial charge in [-0.1, -0.05) is 74.5 Å². The maximum Gasteiger partial charge on any atom is 0.0716 e. The summed E-state index contributed by atoms with van der Waals surface area (Å²) in [6.45, 7) is 6.86. The fraction of sp³-hybridized carbons (Fsp3) is 0.500. The molecule has 0 radical (unpaired) electrons. The van der Waals surface area contributed by atoms with E-state index in [1.54, 1.807) is 0 Å². The first-order valence-electron chi connectivity index (χ1n) is 10.3. The van der Waals surface area contributed by atoms with Gasteiger partial charge in [-0.15, -0.1) is 0 Å². The lowest BCUT2D eigenvalue weighted by atomic mass is 9.96. The zero-order valence-electron chi connectivity index (χ0n) is 16.9. The zero-order chi connectivity index (χ0) is 19.3. The molecule has 3 heteroatoms. The topological polar surface area (TPSA) is 47.3 Å². The van der Waals surface area contributed by atoms with Crippen LogP contribution in [0.25, 0.3) is 0 Å². The number of hydrogen-bond donors (Lipinski definition) is 2. The van der Waals surface area contributed by atoms with Gasteiger partial charge < -0.3 is 15.8 Å². The highest BCUT2D eigenvalue weighted by atomic mass is 16.5. The molecule has 0 saturated carbocycles. The monoisotopic (exact) mass is 368 g/mol. The molecular weight excluding hydrogens is 332 g/mol. The van der Waals surface area contributed by atoms with Crippen molar-refractivity contribution >= 4 is 0 Å². The van der Waals surface area contributed by atoms with Crippen LogP contribution in [0.5, 0.6) is 0 Å². The van der Waals surface area contributed by atoms with Crippen molar-refractivity contribution in [2.24, 2.45) is 11.7 Å². The maximum atomic E-state index is 6.49. The molecule has 0 heterocycles. The quantitative estimate of drug-likeness (QED) is 0.510. The van der Waals surface area contributed by atoms with E-state index in [9.17, 15) is 0 Å². The molecule has 3 N–H and O–H groups in total. The Morgan fingerprint density at radius 1 is 0.926 bits per heavy atom. The summed E-state index contributed by atoms with van der Waals surface area (Å²) in [5, 5.41) is 3.69. The summed E-state index contributed by atoms with van der Waals surface area (Å²) in [5.74, 6) is 0.610. The molecule has 27 heavy (non-hydrogen) atoms. The smallest absolute Gasteiger partial charge is 0.0716 e. The minimum atomic E-state index is 0.169. The average Bonchev–Trinajstić information content (AvgIpc) is 2.67. The second-order valence-corrected chi connectivity index (χ2v) is 7.77. The predicted octanol–water partition coefficient (Wildman–Crippen LogP) is 4.56. The van der Waals surface area contributed by atoms with Crippen LogP contribution in [0.1, 0.15) is 44.2 Å². The lowest BCUT2D eigenvalue weighted by Gasteiger charge is -2.26. The van der Waals surface area contributed by atoms with Crippen molar-refractivity contribution in [3.05, 3.63) is 71.8 Å². The highest BCUT2D eigenvalue weighted by Gasteiger charge is 2.18. The Labute approximate surface area is 165 Å². The van der Waals surface area contributed by atoms with E-state index < -0.39 is 0 Å². The van der Waals surface area contributed by atoms with Gasteiger partial charge >= 0.3 is 0 Å². The van der Waals surface area contributed by atoms with Gasteiger partial charge in [0.05, 0.1) is 6.61 Å². The van der Waals surface area contributed by atoms with Gasteiger partial charge in [-0.2, -0.15) is 0 Å². The molecule has 2 aromatic rings. The molecule has 0 aromatic heterocycles. The highest BCUT2D eigenvalue weighted by molar-refractivity contribution is 5.14. The molecular formula is C24H36N2O. The molecule has 3 nitrogen and oxygen atoms in total. The summed E-state index contributed by atoms with van der Waals surface area (Å²) in [4.78, 5) is 0. The van der Waals surface area contributed by atoms with Gasteiger partial charge in [0.2, 0.25) is 0 Å². The van der Waals surface area contributed by atoms with Gasteiger partial charge in [-0.3, -0.25) is 0 Å². The minimum Gasteiger partial charge on any atom is -0.377 e. The van der Waals surface area contributed by atoms with Gasteiger partial charge in [0.25, 0.3) is 0 Å². The SMILES string of the molecule is CC(C)CC(N)C(CCOCc1ccccc1)NCCCc1ccccc1. The van der Waals surface area contributed by atoms with Crippen LogP contribution in [0.3, 0.4) is 0 Å². The summed E-state index contributed by atoms with van der Waals surface area (Å²) >= 11 is 0. The van der Waals surface area contributed by atoms with Gasteiger partial charge in [0, 0.05) is 18.7 Å². The first kappa shape index (κ1) is 21.6. The van der Waals surface area contributed by atoms with E-state index >= 15 is 0 Å². The lowest BCUT2D eigenvalue weighted by molar-refractivity contribution is 0.107. The second kappa shape index (κ2) is 12.7. The first-order valence-corrected chi connectivity index (χ1v) is 10.3. The molecule has 0 spiro atoms. The van der Waals surface area contributed by atoms with Crippen LogP contribution >= 0.6 is 0 Å². The molecule has 2 rings (SSSR count). The van der Waals surface area contributed by atoms with Crippen molar-refractivity contribution in [3.8, 4) is 0 Å². The van der Waals surface area contributed by atoms with Crippen molar-refractivity contribution in [2.75, 3.05) is 13.2 Å². The summed E-state index contributed by atoms with van der Waals surface area (Å²) < 4.78 is 5.89. The number of aryl methyl sites for hydroxylation is 1. The van der Waals surface area contributed by atoms with Crippen LogP contribution in [0.4, 0.5) is 0 Å². The largest absolute Gasteiger partial charge is 0.377 e. The Morgan fingerprint density at radius 2 is 1.56 bits per heavy atom. The molecule has 2 unspecified atom stereocenters. The van der Waals surface area contributed by atoms with Gasteiger partial charge in [-0.25, -0.2) is 0 Å². The number of ether oxygens (including phenoxy) is 1. The fourth-order valence-electron chi connectivity index (χ4n) is 3.38. The summed E-state index contributed by atoms with van der Waals surface area (Å²) in [6, 6.07) is 21.5. The Kier molecular flexibility index (Phi) is 10.1. The maximum absolute atomic E-state index is 6.49. The van der Waals surface area contributed by atoms with E-state index in [1.165, 1.54) is 11.1 Å². The van der Waals surface area contributed by atoms with E-state index in [4.69, 9.17) is 10.5 Å². The molecule has 2 atom stereocenters.